The molecule has 0 aliphatic carbocycles. The molecule has 0 saturated heterocycles. The lowest BCUT2D eigenvalue weighted by atomic mass is 10.3. The van der Waals surface area contributed by atoms with E-state index < -0.39 is 0 Å². The summed E-state index contributed by atoms with van der Waals surface area (Å²) in [6, 6.07) is 10.7. The monoisotopic (exact) mass is 355 g/mol. The highest BCUT2D eigenvalue weighted by Crippen LogP contribution is 2.20. The molecule has 0 atom stereocenters. The Balaban J connectivity index is 2.13. The number of amides is 1. The fraction of sp³-hybridized carbons (Fsp3) is 0.0833. The van der Waals surface area contributed by atoms with Crippen molar-refractivity contribution in [3.63, 3.8) is 0 Å². The van der Waals surface area contributed by atoms with Crippen molar-refractivity contribution in [3.05, 3.63) is 45.7 Å². The van der Waals surface area contributed by atoms with Crippen molar-refractivity contribution in [2.45, 2.75) is 0 Å². The van der Waals surface area contributed by atoms with E-state index in [1.807, 2.05) is 24.3 Å². The summed E-state index contributed by atoms with van der Waals surface area (Å²) in [7, 11) is 1.54. The molecule has 1 amide bonds. The number of rotatable bonds is 3. The minimum atomic E-state index is -0.275. The van der Waals surface area contributed by atoms with Crippen molar-refractivity contribution in [2.75, 3.05) is 7.05 Å². The number of benzene rings is 1. The fourth-order valence-electron chi connectivity index (χ4n) is 1.27. The lowest BCUT2D eigenvalue weighted by Gasteiger charge is -2.04. The van der Waals surface area contributed by atoms with Crippen LogP contribution in [0.25, 0.3) is 0 Å². The molecule has 18 heavy (non-hydrogen) atoms. The van der Waals surface area contributed by atoms with Gasteiger partial charge in [0.2, 0.25) is 5.88 Å². The van der Waals surface area contributed by atoms with Gasteiger partial charge in [0, 0.05) is 16.7 Å². The molecule has 92 valence electrons. The number of hydrogen-bond donors (Lipinski definition) is 1. The number of carbonyl (C=O) groups is 1. The van der Waals surface area contributed by atoms with Crippen LogP contribution in [0.2, 0.25) is 0 Å². The third kappa shape index (κ3) is 3.16. The average molecular weight is 355 g/mol. The number of hydrogen-bond acceptors (Lipinski definition) is 4. The van der Waals surface area contributed by atoms with E-state index in [1.54, 1.807) is 19.2 Å². The summed E-state index contributed by atoms with van der Waals surface area (Å²) >= 11 is 2.20. The van der Waals surface area contributed by atoms with E-state index in [9.17, 15) is 4.79 Å². The van der Waals surface area contributed by atoms with Crippen LogP contribution in [-0.2, 0) is 0 Å². The molecule has 2 aromatic rings. The first-order valence-corrected chi connectivity index (χ1v) is 6.26. The minimum Gasteiger partial charge on any atom is -0.437 e. The van der Waals surface area contributed by atoms with Crippen LogP contribution in [0.3, 0.4) is 0 Å². The zero-order chi connectivity index (χ0) is 13.0. The smallest absolute Gasteiger partial charge is 0.271 e. The van der Waals surface area contributed by atoms with Crippen LogP contribution in [-0.4, -0.2) is 23.2 Å². The summed E-state index contributed by atoms with van der Waals surface area (Å²) in [6.45, 7) is 0. The molecule has 2 rings (SSSR count). The second kappa shape index (κ2) is 5.76. The zero-order valence-electron chi connectivity index (χ0n) is 9.55. The molecule has 0 unspecified atom stereocenters. The maximum absolute atomic E-state index is 11.3. The van der Waals surface area contributed by atoms with Crippen LogP contribution in [0.5, 0.6) is 11.6 Å². The number of ether oxygens (including phenoxy) is 1. The second-order valence-corrected chi connectivity index (χ2v) is 4.64. The van der Waals surface area contributed by atoms with Crippen LogP contribution in [0.1, 0.15) is 10.5 Å². The van der Waals surface area contributed by atoms with Crippen LogP contribution in [0, 0.1) is 3.57 Å². The number of nitrogens with zero attached hydrogens (tertiary/aromatic N) is 2. The van der Waals surface area contributed by atoms with Crippen molar-refractivity contribution in [1.82, 2.24) is 15.5 Å². The number of aromatic nitrogens is 2. The van der Waals surface area contributed by atoms with Crippen LogP contribution in [0.15, 0.2) is 36.4 Å². The first kappa shape index (κ1) is 12.7. The van der Waals surface area contributed by atoms with E-state index in [1.165, 1.54) is 0 Å². The molecule has 5 nitrogen and oxygen atoms in total. The third-order valence-corrected chi connectivity index (χ3v) is 2.79. The van der Waals surface area contributed by atoms with Crippen molar-refractivity contribution in [3.8, 4) is 11.6 Å². The van der Waals surface area contributed by atoms with Gasteiger partial charge in [-0.1, -0.05) is 6.07 Å². The molecule has 1 aromatic heterocycles. The summed E-state index contributed by atoms with van der Waals surface area (Å²) < 4.78 is 6.59. The molecule has 0 radical (unpaired) electrons. The quantitative estimate of drug-likeness (QED) is 0.858. The standard InChI is InChI=1S/C12H10IN3O2/c1-14-12(17)10-5-6-11(16-15-10)18-9-4-2-3-8(13)7-9/h2-7H,1H3,(H,14,17). The van der Waals surface area contributed by atoms with Gasteiger partial charge >= 0.3 is 0 Å². The van der Waals surface area contributed by atoms with Crippen molar-refractivity contribution < 1.29 is 9.53 Å². The largest absolute Gasteiger partial charge is 0.437 e. The van der Waals surface area contributed by atoms with Crippen LogP contribution >= 0.6 is 22.6 Å². The highest BCUT2D eigenvalue weighted by molar-refractivity contribution is 14.1. The number of halogens is 1. The molecule has 0 bridgehead atoms. The minimum absolute atomic E-state index is 0.257. The van der Waals surface area contributed by atoms with Gasteiger partial charge in [-0.25, -0.2) is 0 Å². The van der Waals surface area contributed by atoms with Crippen molar-refractivity contribution in [2.24, 2.45) is 0 Å². The second-order valence-electron chi connectivity index (χ2n) is 3.40. The van der Waals surface area contributed by atoms with E-state index in [-0.39, 0.29) is 11.6 Å². The Morgan fingerprint density at radius 1 is 1.28 bits per heavy atom. The Labute approximate surface area is 118 Å². The van der Waals surface area contributed by atoms with Gasteiger partial charge in [-0.3, -0.25) is 4.79 Å². The number of carbonyl (C=O) groups excluding carboxylic acids is 1. The molecule has 0 aliphatic rings. The SMILES string of the molecule is CNC(=O)c1ccc(Oc2cccc(I)c2)nn1. The predicted octanol–water partition coefficient (Wildman–Crippen LogP) is 2.23. The number of nitrogens with one attached hydrogen (secondary N) is 1. The topological polar surface area (TPSA) is 64.1 Å². The van der Waals surface area contributed by atoms with E-state index >= 15 is 0 Å². The molecule has 6 heteroatoms. The molecule has 0 aliphatic heterocycles. The van der Waals surface area contributed by atoms with E-state index in [0.29, 0.717) is 11.6 Å². The van der Waals surface area contributed by atoms with Crippen LogP contribution < -0.4 is 10.1 Å². The summed E-state index contributed by atoms with van der Waals surface area (Å²) in [5.41, 5.74) is 0.257. The Morgan fingerprint density at radius 2 is 2.11 bits per heavy atom. The maximum Gasteiger partial charge on any atom is 0.271 e. The van der Waals surface area contributed by atoms with Gasteiger partial charge < -0.3 is 10.1 Å². The summed E-state index contributed by atoms with van der Waals surface area (Å²) in [4.78, 5) is 11.3. The highest BCUT2D eigenvalue weighted by atomic mass is 127. The van der Waals surface area contributed by atoms with Gasteiger partial charge in [-0.15, -0.1) is 10.2 Å². The molecule has 0 fully saturated rings. The first-order valence-electron chi connectivity index (χ1n) is 5.18. The molecular weight excluding hydrogens is 345 g/mol. The van der Waals surface area contributed by atoms with Gasteiger partial charge in [-0.05, 0) is 46.9 Å². The molecule has 1 heterocycles. The molecular formula is C12H10IN3O2. The van der Waals surface area contributed by atoms with E-state index in [0.717, 1.165) is 3.57 Å². The van der Waals surface area contributed by atoms with Gasteiger partial charge in [0.15, 0.2) is 5.69 Å². The van der Waals surface area contributed by atoms with E-state index in [2.05, 4.69) is 38.1 Å². The Morgan fingerprint density at radius 3 is 2.72 bits per heavy atom. The molecule has 1 aromatic carbocycles. The highest BCUT2D eigenvalue weighted by Gasteiger charge is 2.06. The average Bonchev–Trinajstić information content (AvgIpc) is 2.39. The first-order chi connectivity index (χ1) is 8.69. The molecule has 1 N–H and O–H groups in total. The van der Waals surface area contributed by atoms with Crippen molar-refractivity contribution >= 4 is 28.5 Å². The van der Waals surface area contributed by atoms with Gasteiger partial charge in [-0.2, -0.15) is 0 Å². The van der Waals surface area contributed by atoms with Gasteiger partial charge in [0.1, 0.15) is 5.75 Å². The molecule has 0 saturated carbocycles. The Bertz CT molecular complexity index is 558. The lowest BCUT2D eigenvalue weighted by Crippen LogP contribution is -2.19. The lowest BCUT2D eigenvalue weighted by molar-refractivity contribution is 0.0957. The Hall–Kier alpha value is -1.70. The summed E-state index contributed by atoms with van der Waals surface area (Å²) in [6.07, 6.45) is 0. The van der Waals surface area contributed by atoms with Gasteiger partial charge in [0.05, 0.1) is 0 Å². The van der Waals surface area contributed by atoms with E-state index in [4.69, 9.17) is 4.74 Å². The third-order valence-electron chi connectivity index (χ3n) is 2.12. The van der Waals surface area contributed by atoms with Crippen LogP contribution in [0.4, 0.5) is 0 Å². The predicted molar refractivity (Wildman–Crippen MR) is 74.7 cm³/mol. The van der Waals surface area contributed by atoms with Gasteiger partial charge in [0.25, 0.3) is 5.91 Å². The summed E-state index contributed by atoms with van der Waals surface area (Å²) in [5.74, 6) is 0.761. The fourth-order valence-corrected chi connectivity index (χ4v) is 1.79. The zero-order valence-corrected chi connectivity index (χ0v) is 11.7. The summed E-state index contributed by atoms with van der Waals surface area (Å²) in [5, 5.41) is 10.1. The maximum atomic E-state index is 11.3. The van der Waals surface area contributed by atoms with Crippen molar-refractivity contribution in [1.29, 1.82) is 0 Å². The Kier molecular flexibility index (Phi) is 4.08. The normalized spacial score (nSPS) is 9.89. The molecule has 0 spiro atoms.